The number of hydrogen-bond donors (Lipinski definition) is 3. The number of benzene rings is 2. The largest absolute Gasteiger partial charge is 0.419 e. The van der Waals surface area contributed by atoms with Gasteiger partial charge in [-0.2, -0.15) is 13.2 Å². The van der Waals surface area contributed by atoms with Crippen LogP contribution < -0.4 is 15.5 Å². The van der Waals surface area contributed by atoms with Crippen molar-refractivity contribution < 1.29 is 17.6 Å². The predicted molar refractivity (Wildman–Crippen MR) is 135 cm³/mol. The number of rotatable bonds is 8. The van der Waals surface area contributed by atoms with Crippen LogP contribution in [0.1, 0.15) is 5.56 Å². The molecule has 190 valence electrons. The standard InChI is InChI=1S/C25H27F4N7/c1-30-20-12-15(8-9-21(20)36(4)11-10-35(2)3)33-24-32-14-18(25(27,28)29)22(34-24)17-13-31-23-16(17)6-5-7-19(23)26/h5-9,12-14,30-31H,10-11H2,1-4H3,(H,32,33,34). The smallest absolute Gasteiger partial charge is 0.386 e. The van der Waals surface area contributed by atoms with Gasteiger partial charge in [-0.15, -0.1) is 0 Å². The third kappa shape index (κ3) is 5.20. The van der Waals surface area contributed by atoms with Crippen molar-refractivity contribution in [1.29, 1.82) is 0 Å². The van der Waals surface area contributed by atoms with Crippen LogP contribution in [0.25, 0.3) is 22.2 Å². The highest BCUT2D eigenvalue weighted by Crippen LogP contribution is 2.39. The van der Waals surface area contributed by atoms with Gasteiger partial charge in [0.2, 0.25) is 5.95 Å². The Bertz CT molecular complexity index is 1360. The molecule has 0 atom stereocenters. The summed E-state index contributed by atoms with van der Waals surface area (Å²) in [5.41, 5.74) is 1.30. The highest BCUT2D eigenvalue weighted by atomic mass is 19.4. The van der Waals surface area contributed by atoms with Crippen LogP contribution in [0.2, 0.25) is 0 Å². The number of anilines is 4. The second-order valence-electron chi connectivity index (χ2n) is 8.65. The molecule has 0 bridgehead atoms. The fraction of sp³-hybridized carbons (Fsp3) is 0.280. The molecule has 0 saturated heterocycles. The summed E-state index contributed by atoms with van der Waals surface area (Å²) in [5, 5.41) is 6.45. The summed E-state index contributed by atoms with van der Waals surface area (Å²) >= 11 is 0. The Labute approximate surface area is 206 Å². The minimum absolute atomic E-state index is 0.0143. The van der Waals surface area contributed by atoms with Gasteiger partial charge in [0.25, 0.3) is 0 Å². The van der Waals surface area contributed by atoms with E-state index in [1.807, 2.05) is 39.3 Å². The van der Waals surface area contributed by atoms with E-state index in [-0.39, 0.29) is 22.7 Å². The van der Waals surface area contributed by atoms with Gasteiger partial charge in [-0.1, -0.05) is 12.1 Å². The molecule has 0 aliphatic rings. The number of aromatic amines is 1. The lowest BCUT2D eigenvalue weighted by Gasteiger charge is -2.24. The van der Waals surface area contributed by atoms with Gasteiger partial charge in [-0.25, -0.2) is 14.4 Å². The summed E-state index contributed by atoms with van der Waals surface area (Å²) in [5.74, 6) is -0.575. The number of H-pyrrole nitrogens is 1. The molecule has 0 aliphatic carbocycles. The number of halogens is 4. The molecule has 0 radical (unpaired) electrons. The molecular weight excluding hydrogens is 474 g/mol. The molecule has 2 aromatic carbocycles. The molecule has 3 N–H and O–H groups in total. The lowest BCUT2D eigenvalue weighted by molar-refractivity contribution is -0.137. The zero-order valence-electron chi connectivity index (χ0n) is 20.3. The molecule has 36 heavy (non-hydrogen) atoms. The van der Waals surface area contributed by atoms with Crippen molar-refractivity contribution in [2.75, 3.05) is 56.8 Å². The van der Waals surface area contributed by atoms with Crippen LogP contribution in [0.5, 0.6) is 0 Å². The summed E-state index contributed by atoms with van der Waals surface area (Å²) in [6.45, 7) is 1.69. The molecule has 2 heterocycles. The van der Waals surface area contributed by atoms with Crippen molar-refractivity contribution in [2.24, 2.45) is 0 Å². The van der Waals surface area contributed by atoms with Gasteiger partial charge < -0.3 is 25.4 Å². The van der Waals surface area contributed by atoms with Gasteiger partial charge in [-0.05, 0) is 38.4 Å². The second kappa shape index (κ2) is 10.0. The zero-order valence-corrected chi connectivity index (χ0v) is 20.3. The number of aromatic nitrogens is 3. The van der Waals surface area contributed by atoms with Crippen LogP contribution in [-0.4, -0.2) is 61.1 Å². The molecular formula is C25H27F4N7. The highest BCUT2D eigenvalue weighted by molar-refractivity contribution is 5.95. The Kier molecular flexibility index (Phi) is 7.02. The van der Waals surface area contributed by atoms with Crippen molar-refractivity contribution in [3.05, 3.63) is 60.2 Å². The first-order valence-corrected chi connectivity index (χ1v) is 11.2. The molecule has 0 amide bonds. The number of fused-ring (bicyclic) bond motifs is 1. The quantitative estimate of drug-likeness (QED) is 0.275. The van der Waals surface area contributed by atoms with E-state index in [0.717, 1.165) is 30.7 Å². The van der Waals surface area contributed by atoms with Crippen molar-refractivity contribution in [1.82, 2.24) is 19.9 Å². The average molecular weight is 502 g/mol. The van der Waals surface area contributed by atoms with Crippen LogP contribution in [0, 0.1) is 5.82 Å². The second-order valence-corrected chi connectivity index (χ2v) is 8.65. The van der Waals surface area contributed by atoms with Crippen LogP contribution in [0.4, 0.5) is 40.6 Å². The molecule has 4 rings (SSSR count). The minimum atomic E-state index is -4.69. The number of nitrogens with one attached hydrogen (secondary N) is 3. The third-order valence-electron chi connectivity index (χ3n) is 5.83. The fourth-order valence-corrected chi connectivity index (χ4v) is 3.91. The monoisotopic (exact) mass is 501 g/mol. The normalized spacial score (nSPS) is 11.8. The lowest BCUT2D eigenvalue weighted by atomic mass is 10.1. The molecule has 0 saturated carbocycles. The van der Waals surface area contributed by atoms with E-state index in [0.29, 0.717) is 11.1 Å². The lowest BCUT2D eigenvalue weighted by Crippen LogP contribution is -2.28. The minimum Gasteiger partial charge on any atom is -0.386 e. The van der Waals surface area contributed by atoms with E-state index in [9.17, 15) is 17.6 Å². The molecule has 0 aliphatic heterocycles. The Morgan fingerprint density at radius 3 is 2.53 bits per heavy atom. The fourth-order valence-electron chi connectivity index (χ4n) is 3.91. The SMILES string of the molecule is CNc1cc(Nc2ncc(C(F)(F)F)c(-c3c[nH]c4c(F)cccc34)n2)ccc1N(C)CCN(C)C. The van der Waals surface area contributed by atoms with E-state index in [2.05, 4.69) is 35.4 Å². The van der Waals surface area contributed by atoms with Crippen LogP contribution in [0.15, 0.2) is 48.8 Å². The van der Waals surface area contributed by atoms with E-state index in [1.54, 1.807) is 13.1 Å². The maximum atomic E-state index is 14.2. The molecule has 0 spiro atoms. The molecule has 2 aromatic heterocycles. The summed E-state index contributed by atoms with van der Waals surface area (Å²) in [6, 6.07) is 9.79. The number of alkyl halides is 3. The van der Waals surface area contributed by atoms with Gasteiger partial charge >= 0.3 is 6.18 Å². The Morgan fingerprint density at radius 2 is 1.83 bits per heavy atom. The molecule has 11 heteroatoms. The van der Waals surface area contributed by atoms with Gasteiger partial charge in [0.05, 0.1) is 22.6 Å². The van der Waals surface area contributed by atoms with Gasteiger partial charge in [0.15, 0.2) is 0 Å². The first-order chi connectivity index (χ1) is 17.1. The topological polar surface area (TPSA) is 72.1 Å². The van der Waals surface area contributed by atoms with Crippen molar-refractivity contribution in [3.8, 4) is 11.3 Å². The molecule has 4 aromatic rings. The summed E-state index contributed by atoms with van der Waals surface area (Å²) in [7, 11) is 7.79. The van der Waals surface area contributed by atoms with E-state index in [4.69, 9.17) is 0 Å². The average Bonchev–Trinajstić information content (AvgIpc) is 3.27. The molecule has 0 fully saturated rings. The summed E-state index contributed by atoms with van der Waals surface area (Å²) in [4.78, 5) is 15.0. The Morgan fingerprint density at radius 1 is 1.06 bits per heavy atom. The first kappa shape index (κ1) is 25.2. The number of hydrogen-bond acceptors (Lipinski definition) is 6. The van der Waals surface area contributed by atoms with Crippen LogP contribution >= 0.6 is 0 Å². The van der Waals surface area contributed by atoms with Gasteiger partial charge in [-0.3, -0.25) is 0 Å². The van der Waals surface area contributed by atoms with Crippen LogP contribution in [-0.2, 0) is 6.18 Å². The van der Waals surface area contributed by atoms with E-state index >= 15 is 0 Å². The summed E-state index contributed by atoms with van der Waals surface area (Å²) in [6.07, 6.45) is -2.62. The van der Waals surface area contributed by atoms with E-state index < -0.39 is 17.6 Å². The first-order valence-electron chi connectivity index (χ1n) is 11.2. The highest BCUT2D eigenvalue weighted by Gasteiger charge is 2.36. The van der Waals surface area contributed by atoms with Crippen molar-refractivity contribution >= 4 is 33.9 Å². The number of para-hydroxylation sites is 1. The number of likely N-dealkylation sites (N-methyl/N-ethyl adjacent to an activating group) is 2. The zero-order chi connectivity index (χ0) is 26.0. The molecule has 7 nitrogen and oxygen atoms in total. The molecule has 0 unspecified atom stereocenters. The maximum absolute atomic E-state index is 14.2. The Balaban J connectivity index is 1.70. The van der Waals surface area contributed by atoms with Crippen LogP contribution in [0.3, 0.4) is 0 Å². The number of nitrogens with zero attached hydrogens (tertiary/aromatic N) is 4. The predicted octanol–water partition coefficient (Wildman–Crippen LogP) is 5.57. The van der Waals surface area contributed by atoms with Gasteiger partial charge in [0, 0.05) is 56.2 Å². The third-order valence-corrected chi connectivity index (χ3v) is 5.83. The Hall–Kier alpha value is -3.86. The van der Waals surface area contributed by atoms with Gasteiger partial charge in [0.1, 0.15) is 11.4 Å². The van der Waals surface area contributed by atoms with Crippen molar-refractivity contribution in [2.45, 2.75) is 6.18 Å². The van der Waals surface area contributed by atoms with E-state index in [1.165, 1.54) is 18.3 Å². The summed E-state index contributed by atoms with van der Waals surface area (Å²) < 4.78 is 55.6. The van der Waals surface area contributed by atoms with Crippen molar-refractivity contribution in [3.63, 3.8) is 0 Å². The maximum Gasteiger partial charge on any atom is 0.419 e.